The minimum atomic E-state index is -3.54. The molecule has 1 aliphatic heterocycles. The number of phenols is 1. The Morgan fingerprint density at radius 3 is 2.41 bits per heavy atom. The van der Waals surface area contributed by atoms with Gasteiger partial charge in [0, 0.05) is 37.3 Å². The molecule has 0 bridgehead atoms. The highest BCUT2D eigenvalue weighted by Crippen LogP contribution is 2.33. The molecule has 0 spiro atoms. The Hall–Kier alpha value is -2.82. The zero-order chi connectivity index (χ0) is 26.4. The summed E-state index contributed by atoms with van der Waals surface area (Å²) in [6.07, 6.45) is 6.55. The van der Waals surface area contributed by atoms with Gasteiger partial charge in [-0.1, -0.05) is 12.1 Å². The third kappa shape index (κ3) is 7.83. The van der Waals surface area contributed by atoms with Crippen LogP contribution in [0.25, 0.3) is 0 Å². The first-order chi connectivity index (χ1) is 17.7. The third-order valence-electron chi connectivity index (χ3n) is 7.10. The van der Waals surface area contributed by atoms with E-state index in [2.05, 4.69) is 22.2 Å². The second kappa shape index (κ2) is 12.1. The van der Waals surface area contributed by atoms with Gasteiger partial charge in [-0.05, 0) is 74.3 Å². The lowest BCUT2D eigenvalue weighted by atomic mass is 9.81. The molecule has 2 fully saturated rings. The molecule has 1 heterocycles. The predicted molar refractivity (Wildman–Crippen MR) is 143 cm³/mol. The van der Waals surface area contributed by atoms with Gasteiger partial charge >= 0.3 is 0 Å². The van der Waals surface area contributed by atoms with Crippen molar-refractivity contribution in [2.24, 2.45) is 0 Å². The average Bonchev–Trinajstić information content (AvgIpc) is 3.42. The molecule has 37 heavy (non-hydrogen) atoms. The molecule has 202 valence electrons. The van der Waals surface area contributed by atoms with E-state index in [1.54, 1.807) is 0 Å². The zero-order valence-corrected chi connectivity index (χ0v) is 22.0. The molecule has 1 aliphatic carbocycles. The van der Waals surface area contributed by atoms with Crippen LogP contribution < -0.4 is 14.8 Å². The van der Waals surface area contributed by atoms with Gasteiger partial charge in [0.15, 0.2) is 0 Å². The Balaban J connectivity index is 1.18. The van der Waals surface area contributed by atoms with Crippen LogP contribution in [0.1, 0.15) is 60.4 Å². The lowest BCUT2D eigenvalue weighted by Crippen LogP contribution is -2.39. The minimum absolute atomic E-state index is 0.0252. The molecule has 4 N–H and O–H groups in total. The first kappa shape index (κ1) is 27.2. The number of phenolic OH excluding ortho intramolecular Hbond substituents is 1. The lowest BCUT2D eigenvalue weighted by molar-refractivity contribution is 0.0792. The number of rotatable bonds is 10. The number of aromatic hydroxyl groups is 1. The molecule has 10 heteroatoms. The highest BCUT2D eigenvalue weighted by atomic mass is 32.2. The van der Waals surface area contributed by atoms with Gasteiger partial charge in [-0.25, -0.2) is 8.42 Å². The maximum absolute atomic E-state index is 12.6. The third-order valence-corrected chi connectivity index (χ3v) is 7.69. The fraction of sp³-hybridized carbons (Fsp3) is 0.519. The normalized spacial score (nSPS) is 21.0. The van der Waals surface area contributed by atoms with Crippen molar-refractivity contribution in [3.63, 3.8) is 0 Å². The molecule has 2 aromatic carbocycles. The molecule has 2 aliphatic rings. The van der Waals surface area contributed by atoms with Gasteiger partial charge in [-0.15, -0.1) is 0 Å². The molecular weight excluding hydrogens is 494 g/mol. The molecule has 1 amide bonds. The van der Waals surface area contributed by atoms with Crippen molar-refractivity contribution in [2.75, 3.05) is 37.2 Å². The van der Waals surface area contributed by atoms with Gasteiger partial charge in [0.1, 0.15) is 24.2 Å². The number of nitrogens with one attached hydrogen (secondary N) is 2. The van der Waals surface area contributed by atoms with Crippen molar-refractivity contribution in [1.29, 1.82) is 0 Å². The summed E-state index contributed by atoms with van der Waals surface area (Å²) in [5.74, 6) is 0.751. The highest BCUT2D eigenvalue weighted by molar-refractivity contribution is 7.92. The summed E-state index contributed by atoms with van der Waals surface area (Å²) in [5.41, 5.74) is 2.08. The Morgan fingerprint density at radius 1 is 1.08 bits per heavy atom. The molecular formula is C27H37N3O6S. The van der Waals surface area contributed by atoms with Crippen LogP contribution in [0.5, 0.6) is 11.5 Å². The van der Waals surface area contributed by atoms with Crippen molar-refractivity contribution in [1.82, 2.24) is 10.2 Å². The van der Waals surface area contributed by atoms with E-state index in [-0.39, 0.29) is 24.0 Å². The number of benzene rings is 2. The SMILES string of the molecule is CS(=O)(=O)Nc1cc(OC[C@@H](O)CN[C@H]2CC[C@H](c3ccc(C(=O)N4CCCC4)cc3)CC2)ccc1O. The van der Waals surface area contributed by atoms with E-state index in [4.69, 9.17) is 4.74 Å². The van der Waals surface area contributed by atoms with Gasteiger partial charge in [0.25, 0.3) is 5.91 Å². The zero-order valence-electron chi connectivity index (χ0n) is 21.2. The van der Waals surface area contributed by atoms with E-state index >= 15 is 0 Å². The molecule has 1 atom stereocenters. The van der Waals surface area contributed by atoms with Crippen molar-refractivity contribution in [3.8, 4) is 11.5 Å². The quantitative estimate of drug-likeness (QED) is 0.347. The Kier molecular flexibility index (Phi) is 8.94. The summed E-state index contributed by atoms with van der Waals surface area (Å²) >= 11 is 0. The van der Waals surface area contributed by atoms with E-state index in [0.717, 1.165) is 63.4 Å². The first-order valence-corrected chi connectivity index (χ1v) is 14.8. The molecule has 0 unspecified atom stereocenters. The smallest absolute Gasteiger partial charge is 0.253 e. The van der Waals surface area contributed by atoms with Crippen LogP contribution >= 0.6 is 0 Å². The number of hydrogen-bond acceptors (Lipinski definition) is 7. The van der Waals surface area contributed by atoms with Crippen molar-refractivity contribution in [2.45, 2.75) is 56.6 Å². The number of nitrogens with zero attached hydrogens (tertiary/aromatic N) is 1. The van der Waals surface area contributed by atoms with Gasteiger partial charge < -0.3 is 25.2 Å². The van der Waals surface area contributed by atoms with E-state index in [1.165, 1.54) is 23.8 Å². The van der Waals surface area contributed by atoms with Crippen LogP contribution in [-0.2, 0) is 10.0 Å². The predicted octanol–water partition coefficient (Wildman–Crippen LogP) is 3.06. The van der Waals surface area contributed by atoms with Crippen LogP contribution in [-0.4, -0.2) is 74.1 Å². The van der Waals surface area contributed by atoms with Crippen LogP contribution in [0.3, 0.4) is 0 Å². The number of sulfonamides is 1. The Labute approximate surface area is 218 Å². The first-order valence-electron chi connectivity index (χ1n) is 12.9. The second-order valence-electron chi connectivity index (χ2n) is 10.1. The largest absolute Gasteiger partial charge is 0.506 e. The number of hydrogen-bond donors (Lipinski definition) is 4. The topological polar surface area (TPSA) is 128 Å². The summed E-state index contributed by atoms with van der Waals surface area (Å²) in [6, 6.07) is 12.7. The molecule has 1 saturated heterocycles. The van der Waals surface area contributed by atoms with E-state index < -0.39 is 16.1 Å². The summed E-state index contributed by atoms with van der Waals surface area (Å²) in [5, 5.41) is 23.6. The van der Waals surface area contributed by atoms with Gasteiger partial charge in [0.05, 0.1) is 11.9 Å². The van der Waals surface area contributed by atoms with Gasteiger partial charge in [-0.3, -0.25) is 9.52 Å². The summed E-state index contributed by atoms with van der Waals surface area (Å²) in [7, 11) is -3.54. The van der Waals surface area contributed by atoms with Crippen LogP contribution in [0, 0.1) is 0 Å². The number of aliphatic hydroxyl groups is 1. The number of anilines is 1. The van der Waals surface area contributed by atoms with Gasteiger partial charge in [-0.2, -0.15) is 0 Å². The fourth-order valence-electron chi connectivity index (χ4n) is 5.07. The Bertz CT molecular complexity index is 1160. The van der Waals surface area contributed by atoms with Crippen LogP contribution in [0.15, 0.2) is 42.5 Å². The van der Waals surface area contributed by atoms with Crippen molar-refractivity contribution >= 4 is 21.6 Å². The number of carbonyl (C=O) groups is 1. The molecule has 2 aromatic rings. The monoisotopic (exact) mass is 531 g/mol. The summed E-state index contributed by atoms with van der Waals surface area (Å²) in [4.78, 5) is 14.5. The molecule has 1 saturated carbocycles. The molecule has 0 aromatic heterocycles. The maximum atomic E-state index is 12.6. The molecule has 9 nitrogen and oxygen atoms in total. The fourth-order valence-corrected chi connectivity index (χ4v) is 5.63. The molecule has 0 radical (unpaired) electrons. The number of carbonyl (C=O) groups excluding carboxylic acids is 1. The number of amides is 1. The van der Waals surface area contributed by atoms with E-state index in [0.29, 0.717) is 24.3 Å². The average molecular weight is 532 g/mol. The number of aliphatic hydroxyl groups excluding tert-OH is 1. The van der Waals surface area contributed by atoms with Crippen molar-refractivity contribution in [3.05, 3.63) is 53.6 Å². The summed E-state index contributed by atoms with van der Waals surface area (Å²) in [6.45, 7) is 2.14. The lowest BCUT2D eigenvalue weighted by Gasteiger charge is -2.30. The van der Waals surface area contributed by atoms with Crippen LogP contribution in [0.4, 0.5) is 5.69 Å². The number of ether oxygens (including phenoxy) is 1. The Morgan fingerprint density at radius 2 is 1.76 bits per heavy atom. The molecule has 4 rings (SSSR count). The maximum Gasteiger partial charge on any atom is 0.253 e. The van der Waals surface area contributed by atoms with E-state index in [9.17, 15) is 23.4 Å². The highest BCUT2D eigenvalue weighted by Gasteiger charge is 2.24. The van der Waals surface area contributed by atoms with Gasteiger partial charge in [0.2, 0.25) is 10.0 Å². The summed E-state index contributed by atoms with van der Waals surface area (Å²) < 4.78 is 30.7. The van der Waals surface area contributed by atoms with Crippen molar-refractivity contribution < 1.29 is 28.2 Å². The minimum Gasteiger partial charge on any atom is -0.506 e. The second-order valence-corrected chi connectivity index (χ2v) is 11.8. The standard InChI is InChI=1S/C27H37N3O6S/c1-37(34,35)29-25-16-24(12-13-26(25)32)36-18-23(31)17-28-22-10-8-20(9-11-22)19-4-6-21(7-5-19)27(33)30-14-2-3-15-30/h4-7,12-13,16,20,22-23,28-29,31-32H,2-3,8-11,14-15,17-18H2,1H3/t20-,22-,23-/m0/s1. The van der Waals surface area contributed by atoms with Crippen LogP contribution in [0.2, 0.25) is 0 Å². The number of likely N-dealkylation sites (tertiary alicyclic amines) is 1. The van der Waals surface area contributed by atoms with E-state index in [1.807, 2.05) is 17.0 Å².